The Morgan fingerprint density at radius 3 is 2.19 bits per heavy atom. The average molecular weight is 278 g/mol. The Balaban J connectivity index is 1.71. The van der Waals surface area contributed by atoms with Crippen molar-refractivity contribution < 1.29 is 9.26 Å². The van der Waals surface area contributed by atoms with Gasteiger partial charge in [0.15, 0.2) is 0 Å². The van der Waals surface area contributed by atoms with Gasteiger partial charge in [0.2, 0.25) is 0 Å². The van der Waals surface area contributed by atoms with Crippen LogP contribution in [0.15, 0.2) is 65.4 Å². The van der Waals surface area contributed by atoms with Crippen LogP contribution in [0, 0.1) is 0 Å². The molecule has 0 unspecified atom stereocenters. The van der Waals surface area contributed by atoms with Crippen LogP contribution in [-0.4, -0.2) is 5.16 Å². The van der Waals surface area contributed by atoms with E-state index in [-0.39, 0.29) is 6.04 Å². The molecule has 104 valence electrons. The molecule has 1 N–H and O–H groups in total. The van der Waals surface area contributed by atoms with Gasteiger partial charge in [0.05, 0.1) is 11.7 Å². The summed E-state index contributed by atoms with van der Waals surface area (Å²) in [5.74, 6) is 1.79. The molecule has 0 saturated carbocycles. The first-order valence-corrected chi connectivity index (χ1v) is 6.90. The van der Waals surface area contributed by atoms with Gasteiger partial charge < -0.3 is 14.6 Å². The molecule has 1 aliphatic rings. The zero-order valence-electron chi connectivity index (χ0n) is 11.3. The van der Waals surface area contributed by atoms with Crippen LogP contribution in [0.2, 0.25) is 0 Å². The maximum absolute atomic E-state index is 5.97. The summed E-state index contributed by atoms with van der Waals surface area (Å²) in [6, 6.07) is 18.2. The van der Waals surface area contributed by atoms with Crippen LogP contribution in [-0.2, 0) is 6.54 Å². The van der Waals surface area contributed by atoms with Gasteiger partial charge in [0.1, 0.15) is 17.8 Å². The first-order valence-electron chi connectivity index (χ1n) is 6.90. The number of nitrogens with zero attached hydrogens (tertiary/aromatic N) is 1. The van der Waals surface area contributed by atoms with Gasteiger partial charge in [-0.05, 0) is 12.1 Å². The monoisotopic (exact) mass is 278 g/mol. The molecule has 0 aliphatic carbocycles. The normalized spacial score (nSPS) is 13.3. The van der Waals surface area contributed by atoms with Crippen LogP contribution in [0.5, 0.6) is 11.5 Å². The molecule has 21 heavy (non-hydrogen) atoms. The fourth-order valence-electron chi connectivity index (χ4n) is 2.67. The largest absolute Gasteiger partial charge is 0.457 e. The third-order valence-corrected chi connectivity index (χ3v) is 3.66. The van der Waals surface area contributed by atoms with Crippen molar-refractivity contribution in [1.29, 1.82) is 0 Å². The van der Waals surface area contributed by atoms with Crippen molar-refractivity contribution in [2.75, 3.05) is 0 Å². The fraction of sp³-hybridized carbons (Fsp3) is 0.118. The number of fused-ring (bicyclic) bond motifs is 2. The molecule has 0 atom stereocenters. The molecule has 0 spiro atoms. The first kappa shape index (κ1) is 12.2. The number of nitrogens with one attached hydrogen (secondary N) is 1. The Hall–Kier alpha value is -2.59. The highest BCUT2D eigenvalue weighted by Gasteiger charge is 2.26. The second-order valence-electron chi connectivity index (χ2n) is 4.98. The van der Waals surface area contributed by atoms with E-state index in [2.05, 4.69) is 22.6 Å². The molecule has 4 nitrogen and oxygen atoms in total. The van der Waals surface area contributed by atoms with Crippen LogP contribution >= 0.6 is 0 Å². The summed E-state index contributed by atoms with van der Waals surface area (Å²) in [7, 11) is 0. The highest BCUT2D eigenvalue weighted by Crippen LogP contribution is 2.42. The van der Waals surface area contributed by atoms with Crippen LogP contribution < -0.4 is 10.1 Å². The fourth-order valence-corrected chi connectivity index (χ4v) is 2.67. The van der Waals surface area contributed by atoms with E-state index in [1.807, 2.05) is 42.5 Å². The molecule has 1 aromatic heterocycles. The van der Waals surface area contributed by atoms with E-state index >= 15 is 0 Å². The zero-order valence-corrected chi connectivity index (χ0v) is 11.3. The van der Waals surface area contributed by atoms with Crippen molar-refractivity contribution in [3.63, 3.8) is 0 Å². The molecular weight excluding hydrogens is 264 g/mol. The summed E-state index contributed by atoms with van der Waals surface area (Å²) in [4.78, 5) is 0. The molecule has 0 bridgehead atoms. The molecule has 1 aliphatic heterocycles. The van der Waals surface area contributed by atoms with Gasteiger partial charge in [-0.1, -0.05) is 41.6 Å². The quantitative estimate of drug-likeness (QED) is 0.794. The topological polar surface area (TPSA) is 47.3 Å². The SMILES string of the molecule is c1ccc2c(c1)Oc1ccccc1C2NCc1ccon1. The second kappa shape index (κ2) is 5.07. The highest BCUT2D eigenvalue weighted by molar-refractivity contribution is 5.52. The molecule has 0 fully saturated rings. The standard InChI is InChI=1S/C17H14N2O2/c1-3-7-15-13(5-1)17(18-11-12-9-10-20-19-12)14-6-2-4-8-16(14)21-15/h1-10,17-18H,11H2. The predicted molar refractivity (Wildman–Crippen MR) is 78.1 cm³/mol. The Morgan fingerprint density at radius 1 is 0.905 bits per heavy atom. The number of benzene rings is 2. The average Bonchev–Trinajstić information content (AvgIpc) is 3.05. The van der Waals surface area contributed by atoms with Crippen molar-refractivity contribution in [3.05, 3.63) is 77.7 Å². The Bertz CT molecular complexity index is 707. The van der Waals surface area contributed by atoms with Crippen molar-refractivity contribution in [2.45, 2.75) is 12.6 Å². The van der Waals surface area contributed by atoms with Gasteiger partial charge in [0.25, 0.3) is 0 Å². The van der Waals surface area contributed by atoms with E-state index in [1.165, 1.54) is 0 Å². The molecule has 3 aromatic rings. The van der Waals surface area contributed by atoms with E-state index in [0.29, 0.717) is 6.54 Å². The lowest BCUT2D eigenvalue weighted by Gasteiger charge is -2.28. The predicted octanol–water partition coefficient (Wildman–Crippen LogP) is 3.66. The number of hydrogen-bond acceptors (Lipinski definition) is 4. The third kappa shape index (κ3) is 2.19. The molecule has 0 saturated heterocycles. The minimum absolute atomic E-state index is 0.0860. The summed E-state index contributed by atoms with van der Waals surface area (Å²) in [6.45, 7) is 0.643. The summed E-state index contributed by atoms with van der Waals surface area (Å²) in [5, 5.41) is 7.48. The highest BCUT2D eigenvalue weighted by atomic mass is 16.5. The minimum atomic E-state index is 0.0860. The minimum Gasteiger partial charge on any atom is -0.457 e. The third-order valence-electron chi connectivity index (χ3n) is 3.66. The summed E-state index contributed by atoms with van der Waals surface area (Å²) in [6.07, 6.45) is 1.59. The number of rotatable bonds is 3. The Labute approximate surface area is 122 Å². The van der Waals surface area contributed by atoms with Crippen LogP contribution in [0.1, 0.15) is 22.9 Å². The van der Waals surface area contributed by atoms with E-state index < -0.39 is 0 Å². The van der Waals surface area contributed by atoms with Gasteiger partial charge in [-0.3, -0.25) is 0 Å². The summed E-state index contributed by atoms with van der Waals surface area (Å²) >= 11 is 0. The summed E-state index contributed by atoms with van der Waals surface area (Å²) < 4.78 is 10.8. The number of hydrogen-bond donors (Lipinski definition) is 1. The molecule has 4 rings (SSSR count). The van der Waals surface area contributed by atoms with E-state index in [0.717, 1.165) is 28.3 Å². The van der Waals surface area contributed by atoms with Crippen LogP contribution in [0.4, 0.5) is 0 Å². The van der Waals surface area contributed by atoms with Crippen molar-refractivity contribution >= 4 is 0 Å². The van der Waals surface area contributed by atoms with Gasteiger partial charge >= 0.3 is 0 Å². The maximum Gasteiger partial charge on any atom is 0.132 e. The molecule has 0 amide bonds. The second-order valence-corrected chi connectivity index (χ2v) is 4.98. The van der Waals surface area contributed by atoms with Crippen molar-refractivity contribution in [2.24, 2.45) is 0 Å². The lowest BCUT2D eigenvalue weighted by molar-refractivity contribution is 0.401. The van der Waals surface area contributed by atoms with E-state index in [4.69, 9.17) is 9.26 Å². The molecular formula is C17H14N2O2. The Kier molecular flexibility index (Phi) is 2.94. The number of aromatic nitrogens is 1. The van der Waals surface area contributed by atoms with Gasteiger partial charge in [-0.15, -0.1) is 0 Å². The first-order chi connectivity index (χ1) is 10.4. The van der Waals surface area contributed by atoms with E-state index in [1.54, 1.807) is 6.26 Å². The maximum atomic E-state index is 5.97. The van der Waals surface area contributed by atoms with Crippen molar-refractivity contribution in [1.82, 2.24) is 10.5 Å². The zero-order chi connectivity index (χ0) is 14.1. The Morgan fingerprint density at radius 2 is 1.57 bits per heavy atom. The van der Waals surface area contributed by atoms with Crippen molar-refractivity contribution in [3.8, 4) is 11.5 Å². The lowest BCUT2D eigenvalue weighted by atomic mass is 9.94. The molecule has 4 heteroatoms. The number of ether oxygens (including phenoxy) is 1. The van der Waals surface area contributed by atoms with Crippen LogP contribution in [0.25, 0.3) is 0 Å². The number of para-hydroxylation sites is 2. The van der Waals surface area contributed by atoms with Gasteiger partial charge in [0, 0.05) is 23.7 Å². The van der Waals surface area contributed by atoms with Crippen LogP contribution in [0.3, 0.4) is 0 Å². The molecule has 2 heterocycles. The smallest absolute Gasteiger partial charge is 0.132 e. The lowest BCUT2D eigenvalue weighted by Crippen LogP contribution is -2.25. The molecule has 0 radical (unpaired) electrons. The van der Waals surface area contributed by atoms with Gasteiger partial charge in [-0.2, -0.15) is 0 Å². The van der Waals surface area contributed by atoms with E-state index in [9.17, 15) is 0 Å². The molecule has 2 aromatic carbocycles. The summed E-state index contributed by atoms with van der Waals surface area (Å²) in [5.41, 5.74) is 3.16. The van der Waals surface area contributed by atoms with Gasteiger partial charge in [-0.25, -0.2) is 0 Å².